The first kappa shape index (κ1) is 21.1. The number of hydrogen-bond acceptors (Lipinski definition) is 5. The molecule has 1 aliphatic rings. The number of amides is 1. The number of nitrogens with two attached hydrogens (primary N) is 1. The standard InChI is InChI=1S/C15H19N5O3.2ClH/c1-8-6-10(13(21)20-5-4-9(16)7-20)17-12-11(8)14(22)19(3)15(23)18(12)2;;/h6,9H,4-5,7,16H2,1-3H3;2*1H. The number of halogens is 2. The molecule has 1 fully saturated rings. The smallest absolute Gasteiger partial charge is 0.332 e. The van der Waals surface area contributed by atoms with E-state index in [9.17, 15) is 14.4 Å². The van der Waals surface area contributed by atoms with Gasteiger partial charge in [-0.15, -0.1) is 24.8 Å². The van der Waals surface area contributed by atoms with Gasteiger partial charge in [0.05, 0.1) is 5.39 Å². The lowest BCUT2D eigenvalue weighted by Crippen LogP contribution is -2.38. The van der Waals surface area contributed by atoms with Gasteiger partial charge in [-0.1, -0.05) is 0 Å². The molecule has 3 rings (SSSR count). The lowest BCUT2D eigenvalue weighted by Gasteiger charge is -2.16. The fourth-order valence-corrected chi connectivity index (χ4v) is 2.98. The van der Waals surface area contributed by atoms with E-state index in [1.54, 1.807) is 17.9 Å². The van der Waals surface area contributed by atoms with E-state index < -0.39 is 11.2 Å². The Labute approximate surface area is 156 Å². The summed E-state index contributed by atoms with van der Waals surface area (Å²) in [6.07, 6.45) is 0.761. The van der Waals surface area contributed by atoms with Gasteiger partial charge in [0, 0.05) is 33.2 Å². The molecule has 0 aliphatic carbocycles. The average molecular weight is 390 g/mol. The van der Waals surface area contributed by atoms with Crippen LogP contribution in [-0.2, 0) is 14.1 Å². The summed E-state index contributed by atoms with van der Waals surface area (Å²) in [5.41, 5.74) is 6.04. The number of rotatable bonds is 1. The minimum absolute atomic E-state index is 0. The van der Waals surface area contributed by atoms with E-state index >= 15 is 0 Å². The van der Waals surface area contributed by atoms with Crippen molar-refractivity contribution in [1.82, 2.24) is 19.0 Å². The summed E-state index contributed by atoms with van der Waals surface area (Å²) < 4.78 is 2.33. The summed E-state index contributed by atoms with van der Waals surface area (Å²) in [7, 11) is 2.96. The van der Waals surface area contributed by atoms with Crippen LogP contribution in [0.4, 0.5) is 0 Å². The molecule has 138 valence electrons. The Bertz CT molecular complexity index is 937. The second-order valence-corrected chi connectivity index (χ2v) is 6.03. The van der Waals surface area contributed by atoms with Crippen molar-refractivity contribution in [3.8, 4) is 0 Å². The predicted octanol–water partition coefficient (Wildman–Crippen LogP) is -0.0426. The Balaban J connectivity index is 0.00000156. The minimum atomic E-state index is -0.470. The first-order chi connectivity index (χ1) is 10.8. The lowest BCUT2D eigenvalue weighted by atomic mass is 10.1. The number of carbonyl (C=O) groups excluding carboxylic acids is 1. The van der Waals surface area contributed by atoms with Crippen LogP contribution in [0.2, 0.25) is 0 Å². The molecule has 0 bridgehead atoms. The third-order valence-corrected chi connectivity index (χ3v) is 4.34. The van der Waals surface area contributed by atoms with Gasteiger partial charge in [0.2, 0.25) is 0 Å². The van der Waals surface area contributed by atoms with Crippen LogP contribution in [0.1, 0.15) is 22.5 Å². The highest BCUT2D eigenvalue weighted by Crippen LogP contribution is 2.16. The van der Waals surface area contributed by atoms with Crippen LogP contribution >= 0.6 is 24.8 Å². The van der Waals surface area contributed by atoms with E-state index in [4.69, 9.17) is 5.73 Å². The third-order valence-electron chi connectivity index (χ3n) is 4.34. The largest absolute Gasteiger partial charge is 0.336 e. The molecular weight excluding hydrogens is 369 g/mol. The fourth-order valence-electron chi connectivity index (χ4n) is 2.98. The molecule has 25 heavy (non-hydrogen) atoms. The van der Waals surface area contributed by atoms with Gasteiger partial charge in [0.1, 0.15) is 11.3 Å². The molecule has 10 heteroatoms. The molecule has 1 aliphatic heterocycles. The Morgan fingerprint density at radius 1 is 1.24 bits per heavy atom. The maximum Gasteiger partial charge on any atom is 0.332 e. The number of fused-ring (bicyclic) bond motifs is 1. The number of hydrogen-bond donors (Lipinski definition) is 1. The number of aromatic nitrogens is 3. The highest BCUT2D eigenvalue weighted by atomic mass is 35.5. The molecule has 3 heterocycles. The zero-order valence-corrected chi connectivity index (χ0v) is 15.8. The zero-order valence-electron chi connectivity index (χ0n) is 14.2. The Morgan fingerprint density at radius 3 is 2.44 bits per heavy atom. The van der Waals surface area contributed by atoms with Crippen LogP contribution in [0.25, 0.3) is 11.0 Å². The normalized spacial score (nSPS) is 16.5. The van der Waals surface area contributed by atoms with E-state index in [1.807, 2.05) is 0 Å². The van der Waals surface area contributed by atoms with E-state index in [2.05, 4.69) is 4.98 Å². The molecule has 2 N–H and O–H groups in total. The Morgan fingerprint density at radius 2 is 1.88 bits per heavy atom. The summed E-state index contributed by atoms with van der Waals surface area (Å²) in [6.45, 7) is 2.82. The van der Waals surface area contributed by atoms with Crippen LogP contribution in [0.15, 0.2) is 15.7 Å². The van der Waals surface area contributed by atoms with Crippen LogP contribution in [-0.4, -0.2) is 44.1 Å². The topological polar surface area (TPSA) is 103 Å². The van der Waals surface area contributed by atoms with Crippen molar-refractivity contribution < 1.29 is 4.79 Å². The van der Waals surface area contributed by atoms with Gasteiger partial charge in [0.15, 0.2) is 0 Å². The molecule has 0 radical (unpaired) electrons. The Kier molecular flexibility index (Phi) is 6.39. The van der Waals surface area contributed by atoms with E-state index in [0.29, 0.717) is 24.0 Å². The summed E-state index contributed by atoms with van der Waals surface area (Å²) in [6, 6.07) is 1.58. The van der Waals surface area contributed by atoms with Crippen molar-refractivity contribution in [3.05, 3.63) is 38.2 Å². The molecule has 2 aromatic rings. The number of aryl methyl sites for hydroxylation is 2. The number of likely N-dealkylation sites (tertiary alicyclic amines) is 1. The fraction of sp³-hybridized carbons (Fsp3) is 0.467. The summed E-state index contributed by atoms with van der Waals surface area (Å²) in [5, 5.41) is 0.351. The lowest BCUT2D eigenvalue weighted by molar-refractivity contribution is 0.0785. The van der Waals surface area contributed by atoms with E-state index in [1.165, 1.54) is 18.7 Å². The molecule has 0 saturated carbocycles. The van der Waals surface area contributed by atoms with Crippen LogP contribution in [0, 0.1) is 6.92 Å². The first-order valence-electron chi connectivity index (χ1n) is 7.43. The van der Waals surface area contributed by atoms with Gasteiger partial charge in [-0.05, 0) is 25.0 Å². The molecule has 1 amide bonds. The van der Waals surface area contributed by atoms with E-state index in [0.717, 1.165) is 11.0 Å². The van der Waals surface area contributed by atoms with Crippen molar-refractivity contribution in [2.45, 2.75) is 19.4 Å². The summed E-state index contributed by atoms with van der Waals surface area (Å²) >= 11 is 0. The molecule has 1 atom stereocenters. The van der Waals surface area contributed by atoms with E-state index in [-0.39, 0.29) is 48.1 Å². The maximum absolute atomic E-state index is 12.6. The minimum Gasteiger partial charge on any atom is -0.336 e. The van der Waals surface area contributed by atoms with Gasteiger partial charge in [0.25, 0.3) is 11.5 Å². The van der Waals surface area contributed by atoms with Crippen molar-refractivity contribution in [2.75, 3.05) is 13.1 Å². The molecule has 2 aromatic heterocycles. The van der Waals surface area contributed by atoms with Crippen LogP contribution in [0.5, 0.6) is 0 Å². The second kappa shape index (κ2) is 7.55. The molecular formula is C15H21Cl2N5O3. The van der Waals surface area contributed by atoms with Gasteiger partial charge >= 0.3 is 5.69 Å². The summed E-state index contributed by atoms with van der Waals surface area (Å²) in [5.74, 6) is -0.226. The maximum atomic E-state index is 12.6. The van der Waals surface area contributed by atoms with Gasteiger partial charge in [-0.2, -0.15) is 0 Å². The first-order valence-corrected chi connectivity index (χ1v) is 7.43. The van der Waals surface area contributed by atoms with Crippen molar-refractivity contribution in [3.63, 3.8) is 0 Å². The molecule has 1 unspecified atom stereocenters. The monoisotopic (exact) mass is 389 g/mol. The molecule has 0 spiro atoms. The van der Waals surface area contributed by atoms with Crippen LogP contribution in [0.3, 0.4) is 0 Å². The van der Waals surface area contributed by atoms with Crippen molar-refractivity contribution in [1.29, 1.82) is 0 Å². The van der Waals surface area contributed by atoms with Crippen molar-refractivity contribution >= 4 is 41.8 Å². The van der Waals surface area contributed by atoms with Gasteiger partial charge in [-0.3, -0.25) is 18.7 Å². The summed E-state index contributed by atoms with van der Waals surface area (Å²) in [4.78, 5) is 42.9. The number of pyridine rings is 1. The van der Waals surface area contributed by atoms with Gasteiger partial charge in [-0.25, -0.2) is 9.78 Å². The molecule has 1 saturated heterocycles. The number of carbonyl (C=O) groups is 1. The van der Waals surface area contributed by atoms with Crippen molar-refractivity contribution in [2.24, 2.45) is 19.8 Å². The SMILES string of the molecule is Cc1cc(C(=O)N2CCC(N)C2)nc2c1c(=O)n(C)c(=O)n2C.Cl.Cl. The zero-order chi connectivity index (χ0) is 16.9. The second-order valence-electron chi connectivity index (χ2n) is 6.03. The highest BCUT2D eigenvalue weighted by Gasteiger charge is 2.26. The molecule has 8 nitrogen and oxygen atoms in total. The van der Waals surface area contributed by atoms with Crippen LogP contribution < -0.4 is 17.0 Å². The highest BCUT2D eigenvalue weighted by molar-refractivity contribution is 5.95. The van der Waals surface area contributed by atoms with Gasteiger partial charge < -0.3 is 10.6 Å². The average Bonchev–Trinajstić information content (AvgIpc) is 2.95. The predicted molar refractivity (Wildman–Crippen MR) is 100.0 cm³/mol. The Hall–Kier alpha value is -1.90. The molecule has 0 aromatic carbocycles. The number of nitrogens with zero attached hydrogens (tertiary/aromatic N) is 4. The quantitative estimate of drug-likeness (QED) is 0.736. The third kappa shape index (κ3) is 3.42.